The van der Waals surface area contributed by atoms with Gasteiger partial charge in [0.25, 0.3) is 0 Å². The molecule has 84 valence electrons. The van der Waals surface area contributed by atoms with Crippen molar-refractivity contribution in [3.05, 3.63) is 57.0 Å². The van der Waals surface area contributed by atoms with Crippen molar-refractivity contribution in [3.8, 4) is 0 Å². The van der Waals surface area contributed by atoms with E-state index < -0.39 is 5.82 Å². The molecule has 0 saturated carbocycles. The number of hydrogen-bond donors (Lipinski definition) is 1. The Balaban J connectivity index is 2.12. The Hall–Kier alpha value is -0.900. The van der Waals surface area contributed by atoms with Crippen LogP contribution < -0.4 is 5.73 Å². The zero-order valence-electron chi connectivity index (χ0n) is 8.49. The molecule has 4 heteroatoms. The Labute approximate surface area is 103 Å². The van der Waals surface area contributed by atoms with E-state index in [9.17, 15) is 4.39 Å². The highest BCUT2D eigenvalue weighted by Gasteiger charge is 2.08. The van der Waals surface area contributed by atoms with Crippen LogP contribution in [0.15, 0.2) is 35.0 Å². The van der Waals surface area contributed by atoms with Gasteiger partial charge in [-0.2, -0.15) is 11.3 Å². The SMILES string of the molecule is NC(Cc1ccc(F)c(Cl)c1)c1ccsc1. The molecule has 0 amide bonds. The van der Waals surface area contributed by atoms with Crippen LogP contribution in [-0.4, -0.2) is 0 Å². The van der Waals surface area contributed by atoms with Crippen LogP contribution in [0.2, 0.25) is 5.02 Å². The lowest BCUT2D eigenvalue weighted by molar-refractivity contribution is 0.626. The first kappa shape index (κ1) is 11.6. The van der Waals surface area contributed by atoms with Crippen molar-refractivity contribution < 1.29 is 4.39 Å². The smallest absolute Gasteiger partial charge is 0.141 e. The fourth-order valence-electron chi connectivity index (χ4n) is 1.52. The van der Waals surface area contributed by atoms with Crippen molar-refractivity contribution in [3.63, 3.8) is 0 Å². The van der Waals surface area contributed by atoms with E-state index >= 15 is 0 Å². The predicted octanol–water partition coefficient (Wildman–Crippen LogP) is 3.78. The largest absolute Gasteiger partial charge is 0.324 e. The minimum absolute atomic E-state index is 0.0622. The summed E-state index contributed by atoms with van der Waals surface area (Å²) in [6.07, 6.45) is 0.663. The molecule has 1 unspecified atom stereocenters. The van der Waals surface area contributed by atoms with Gasteiger partial charge >= 0.3 is 0 Å². The average molecular weight is 256 g/mol. The number of benzene rings is 1. The van der Waals surface area contributed by atoms with E-state index in [0.717, 1.165) is 11.1 Å². The van der Waals surface area contributed by atoms with Gasteiger partial charge in [0, 0.05) is 6.04 Å². The fourth-order valence-corrected chi connectivity index (χ4v) is 2.45. The molecular weight excluding hydrogens is 245 g/mol. The molecule has 1 nitrogen and oxygen atoms in total. The number of nitrogens with two attached hydrogens (primary N) is 1. The van der Waals surface area contributed by atoms with Gasteiger partial charge in [-0.1, -0.05) is 17.7 Å². The van der Waals surface area contributed by atoms with Crippen LogP contribution in [0, 0.1) is 5.82 Å². The molecular formula is C12H11ClFNS. The first-order valence-electron chi connectivity index (χ1n) is 4.88. The van der Waals surface area contributed by atoms with Crippen LogP contribution in [0.4, 0.5) is 4.39 Å². The van der Waals surface area contributed by atoms with Gasteiger partial charge in [-0.15, -0.1) is 0 Å². The van der Waals surface area contributed by atoms with Gasteiger partial charge < -0.3 is 5.73 Å². The van der Waals surface area contributed by atoms with Crippen LogP contribution in [0.5, 0.6) is 0 Å². The second-order valence-electron chi connectivity index (χ2n) is 3.62. The molecule has 0 radical (unpaired) electrons. The van der Waals surface area contributed by atoms with E-state index in [4.69, 9.17) is 17.3 Å². The number of thiophene rings is 1. The lowest BCUT2D eigenvalue weighted by Crippen LogP contribution is -2.12. The van der Waals surface area contributed by atoms with Gasteiger partial charge in [-0.3, -0.25) is 0 Å². The molecule has 1 aromatic carbocycles. The highest BCUT2D eigenvalue weighted by Crippen LogP contribution is 2.21. The molecule has 1 aromatic heterocycles. The maximum Gasteiger partial charge on any atom is 0.141 e. The Morgan fingerprint density at radius 2 is 2.19 bits per heavy atom. The summed E-state index contributed by atoms with van der Waals surface area (Å²) in [6.45, 7) is 0. The van der Waals surface area contributed by atoms with Crippen molar-refractivity contribution in [2.24, 2.45) is 5.73 Å². The van der Waals surface area contributed by atoms with E-state index in [-0.39, 0.29) is 11.1 Å². The molecule has 0 fully saturated rings. The van der Waals surface area contributed by atoms with Gasteiger partial charge in [0.05, 0.1) is 5.02 Å². The molecule has 2 aromatic rings. The summed E-state index contributed by atoms with van der Waals surface area (Å²) in [5.41, 5.74) is 8.08. The van der Waals surface area contributed by atoms with Crippen LogP contribution in [0.3, 0.4) is 0 Å². The van der Waals surface area contributed by atoms with E-state index in [0.29, 0.717) is 6.42 Å². The predicted molar refractivity (Wildman–Crippen MR) is 66.4 cm³/mol. The Kier molecular flexibility index (Phi) is 3.59. The van der Waals surface area contributed by atoms with Crippen molar-refractivity contribution in [1.82, 2.24) is 0 Å². The van der Waals surface area contributed by atoms with Gasteiger partial charge in [0.15, 0.2) is 0 Å². The third-order valence-electron chi connectivity index (χ3n) is 2.41. The minimum atomic E-state index is -0.394. The highest BCUT2D eigenvalue weighted by molar-refractivity contribution is 7.07. The Morgan fingerprint density at radius 1 is 1.38 bits per heavy atom. The third kappa shape index (κ3) is 2.61. The normalized spacial score (nSPS) is 12.7. The first-order valence-corrected chi connectivity index (χ1v) is 6.20. The quantitative estimate of drug-likeness (QED) is 0.887. The second kappa shape index (κ2) is 4.95. The minimum Gasteiger partial charge on any atom is -0.324 e. The van der Waals surface area contributed by atoms with Crippen LogP contribution in [-0.2, 0) is 6.42 Å². The summed E-state index contributed by atoms with van der Waals surface area (Å²) in [6, 6.07) is 6.66. The first-order chi connectivity index (χ1) is 7.66. The summed E-state index contributed by atoms with van der Waals surface area (Å²) in [5, 5.41) is 4.16. The van der Waals surface area contributed by atoms with Crippen molar-refractivity contribution >= 4 is 22.9 Å². The molecule has 0 aliphatic carbocycles. The molecule has 2 N–H and O–H groups in total. The van der Waals surface area contributed by atoms with Crippen LogP contribution >= 0.6 is 22.9 Å². The topological polar surface area (TPSA) is 26.0 Å². The van der Waals surface area contributed by atoms with Crippen molar-refractivity contribution in [1.29, 1.82) is 0 Å². The lowest BCUT2D eigenvalue weighted by Gasteiger charge is -2.10. The maximum absolute atomic E-state index is 12.9. The third-order valence-corrected chi connectivity index (χ3v) is 3.40. The van der Waals surface area contributed by atoms with Gasteiger partial charge in [0.1, 0.15) is 5.82 Å². The van der Waals surface area contributed by atoms with E-state index in [2.05, 4.69) is 0 Å². The highest BCUT2D eigenvalue weighted by atomic mass is 35.5. The number of rotatable bonds is 3. The molecule has 0 spiro atoms. The van der Waals surface area contributed by atoms with E-state index in [1.807, 2.05) is 16.8 Å². The summed E-state index contributed by atoms with van der Waals surface area (Å²) in [5.74, 6) is -0.394. The monoisotopic (exact) mass is 255 g/mol. The molecule has 2 rings (SSSR count). The summed E-state index contributed by atoms with van der Waals surface area (Å²) in [4.78, 5) is 0. The Bertz CT molecular complexity index is 470. The van der Waals surface area contributed by atoms with Gasteiger partial charge in [0.2, 0.25) is 0 Å². The molecule has 0 aliphatic heterocycles. The zero-order chi connectivity index (χ0) is 11.5. The van der Waals surface area contributed by atoms with Crippen LogP contribution in [0.1, 0.15) is 17.2 Å². The maximum atomic E-state index is 12.9. The summed E-state index contributed by atoms with van der Waals surface area (Å²) in [7, 11) is 0. The van der Waals surface area contributed by atoms with Gasteiger partial charge in [-0.05, 0) is 46.5 Å². The Morgan fingerprint density at radius 3 is 2.81 bits per heavy atom. The van der Waals surface area contributed by atoms with E-state index in [1.54, 1.807) is 23.5 Å². The molecule has 0 aliphatic rings. The average Bonchev–Trinajstić information content (AvgIpc) is 2.77. The summed E-state index contributed by atoms with van der Waals surface area (Å²) >= 11 is 7.33. The molecule has 1 atom stereocenters. The number of hydrogen-bond acceptors (Lipinski definition) is 2. The molecule has 0 saturated heterocycles. The number of halogens is 2. The molecule has 1 heterocycles. The fraction of sp³-hybridized carbons (Fsp3) is 0.167. The zero-order valence-corrected chi connectivity index (χ0v) is 10.1. The molecule has 16 heavy (non-hydrogen) atoms. The molecule has 0 bridgehead atoms. The van der Waals surface area contributed by atoms with Crippen molar-refractivity contribution in [2.45, 2.75) is 12.5 Å². The summed E-state index contributed by atoms with van der Waals surface area (Å²) < 4.78 is 12.9. The van der Waals surface area contributed by atoms with E-state index in [1.165, 1.54) is 6.07 Å². The lowest BCUT2D eigenvalue weighted by atomic mass is 10.0. The van der Waals surface area contributed by atoms with Gasteiger partial charge in [-0.25, -0.2) is 4.39 Å². The standard InChI is InChI=1S/C12H11ClFNS/c13-10-5-8(1-2-11(10)14)6-12(15)9-3-4-16-7-9/h1-5,7,12H,6,15H2. The van der Waals surface area contributed by atoms with Crippen molar-refractivity contribution in [2.75, 3.05) is 0 Å². The second-order valence-corrected chi connectivity index (χ2v) is 4.80. The van der Waals surface area contributed by atoms with Crippen LogP contribution in [0.25, 0.3) is 0 Å².